The van der Waals surface area contributed by atoms with Crippen molar-refractivity contribution in [1.82, 2.24) is 0 Å². The predicted molar refractivity (Wildman–Crippen MR) is 74.8 cm³/mol. The Hall–Kier alpha value is -1.31. The molecule has 7 heteroatoms. The summed E-state index contributed by atoms with van der Waals surface area (Å²) in [6.07, 6.45) is -4.49. The number of benzene rings is 1. The number of aliphatic hydroxyl groups is 1. The van der Waals surface area contributed by atoms with Gasteiger partial charge in [0.25, 0.3) is 0 Å². The molecule has 1 saturated heterocycles. The quantitative estimate of drug-likeness (QED) is 0.652. The van der Waals surface area contributed by atoms with Gasteiger partial charge in [-0.15, -0.1) is 0 Å². The van der Waals surface area contributed by atoms with Crippen molar-refractivity contribution < 1.29 is 28.6 Å². The van der Waals surface area contributed by atoms with Gasteiger partial charge in [-0.3, -0.25) is 4.79 Å². The lowest BCUT2D eigenvalue weighted by Gasteiger charge is -2.22. The maximum Gasteiger partial charge on any atom is 0.338 e. The van der Waals surface area contributed by atoms with Gasteiger partial charge in [0.1, 0.15) is 12.7 Å². The van der Waals surface area contributed by atoms with Crippen LogP contribution in [0.2, 0.25) is 0 Å². The fraction of sp³-hybridized carbons (Fsp3) is 0.429. The van der Waals surface area contributed by atoms with Crippen LogP contribution in [0.15, 0.2) is 30.3 Å². The van der Waals surface area contributed by atoms with Crippen LogP contribution in [0, 0.1) is 0 Å². The van der Waals surface area contributed by atoms with Gasteiger partial charge in [-0.25, -0.2) is 9.18 Å². The fourth-order valence-electron chi connectivity index (χ4n) is 2.00. The Morgan fingerprint density at radius 3 is 2.57 bits per heavy atom. The molecule has 4 atom stereocenters. The van der Waals surface area contributed by atoms with E-state index in [1.807, 2.05) is 0 Å². The number of hydrogen-bond acceptors (Lipinski definition) is 5. The molecule has 114 valence electrons. The first-order chi connectivity index (χ1) is 9.84. The number of Topliss-reactive ketones (excluding diaryl/α,β-unsaturated/α-hetero) is 1. The van der Waals surface area contributed by atoms with Gasteiger partial charge in [0, 0.05) is 0 Å². The molecule has 1 unspecified atom stereocenters. The Kier molecular flexibility index (Phi) is 4.75. The second-order valence-electron chi connectivity index (χ2n) is 4.75. The van der Waals surface area contributed by atoms with E-state index in [-0.39, 0.29) is 6.61 Å². The van der Waals surface area contributed by atoms with Crippen LogP contribution in [-0.4, -0.2) is 46.4 Å². The molecule has 1 fully saturated rings. The van der Waals surface area contributed by atoms with E-state index in [4.69, 9.17) is 9.47 Å². The highest BCUT2D eigenvalue weighted by Gasteiger charge is 2.57. The molecule has 1 N–H and O–H groups in total. The minimum atomic E-state index is -2.07. The summed E-state index contributed by atoms with van der Waals surface area (Å²) in [4.78, 5) is 23.0. The van der Waals surface area contributed by atoms with Gasteiger partial charge in [0.05, 0.1) is 5.56 Å². The Morgan fingerprint density at radius 1 is 1.43 bits per heavy atom. The molecule has 5 nitrogen and oxygen atoms in total. The summed E-state index contributed by atoms with van der Waals surface area (Å²) in [7, 11) is 0. The summed E-state index contributed by atoms with van der Waals surface area (Å²) in [5.41, 5.74) is 0.327. The number of ether oxygens (including phenoxy) is 2. The summed E-state index contributed by atoms with van der Waals surface area (Å²) in [6, 6.07) is 8.22. The van der Waals surface area contributed by atoms with Crippen LogP contribution in [0.3, 0.4) is 0 Å². The van der Waals surface area contributed by atoms with Gasteiger partial charge in [0.2, 0.25) is 0 Å². The van der Waals surface area contributed by atoms with Gasteiger partial charge in [-0.05, 0) is 35.0 Å². The third-order valence-corrected chi connectivity index (χ3v) is 4.14. The molecule has 2 rings (SSSR count). The molecule has 1 aromatic rings. The standard InChI is InChI=1S/C14H14BrFO5/c1-8(17)11-12(16)14(15,19)10(21-11)7-20-13(18)9-5-3-2-4-6-9/h2-6,10-12,19H,7H2,1H3/t10-,11?,12-,14-/m1/s1. The molecule has 21 heavy (non-hydrogen) atoms. The maximum atomic E-state index is 13.9. The van der Waals surface area contributed by atoms with E-state index in [1.54, 1.807) is 30.3 Å². The lowest BCUT2D eigenvalue weighted by molar-refractivity contribution is -0.130. The molecule has 0 radical (unpaired) electrons. The van der Waals surface area contributed by atoms with E-state index in [0.717, 1.165) is 0 Å². The third-order valence-electron chi connectivity index (χ3n) is 3.19. The molecule has 0 saturated carbocycles. The smallest absolute Gasteiger partial charge is 0.338 e. The van der Waals surface area contributed by atoms with Gasteiger partial charge in [0.15, 0.2) is 22.6 Å². The monoisotopic (exact) mass is 360 g/mol. The fourth-order valence-corrected chi connectivity index (χ4v) is 2.48. The second kappa shape index (κ2) is 6.21. The zero-order chi connectivity index (χ0) is 15.6. The summed E-state index contributed by atoms with van der Waals surface area (Å²) >= 11 is 2.80. The minimum Gasteiger partial charge on any atom is -0.459 e. The van der Waals surface area contributed by atoms with E-state index in [0.29, 0.717) is 5.56 Å². The Morgan fingerprint density at radius 2 is 2.05 bits per heavy atom. The molecular weight excluding hydrogens is 347 g/mol. The van der Waals surface area contributed by atoms with Crippen molar-refractivity contribution in [2.24, 2.45) is 0 Å². The molecule has 0 amide bonds. The number of hydrogen-bond donors (Lipinski definition) is 1. The van der Waals surface area contributed by atoms with Gasteiger partial charge >= 0.3 is 5.97 Å². The molecule has 1 aromatic carbocycles. The molecule has 0 spiro atoms. The molecule has 1 aliphatic rings. The largest absolute Gasteiger partial charge is 0.459 e. The summed E-state index contributed by atoms with van der Waals surface area (Å²) in [5, 5.41) is 10.00. The van der Waals surface area contributed by atoms with Crippen LogP contribution in [0.4, 0.5) is 4.39 Å². The summed E-state index contributed by atoms with van der Waals surface area (Å²) in [6.45, 7) is 0.790. The Bertz CT molecular complexity index is 533. The van der Waals surface area contributed by atoms with E-state index in [1.165, 1.54) is 6.92 Å². The number of esters is 1. The lowest BCUT2D eigenvalue weighted by atomic mass is 10.1. The second-order valence-corrected chi connectivity index (χ2v) is 6.02. The molecule has 1 heterocycles. The van der Waals surface area contributed by atoms with Crippen LogP contribution in [0.5, 0.6) is 0 Å². The highest BCUT2D eigenvalue weighted by molar-refractivity contribution is 9.10. The highest BCUT2D eigenvalue weighted by Crippen LogP contribution is 2.39. The topological polar surface area (TPSA) is 72.8 Å². The molecule has 1 aliphatic heterocycles. The Labute approximate surface area is 129 Å². The van der Waals surface area contributed by atoms with Crippen molar-refractivity contribution in [1.29, 1.82) is 0 Å². The highest BCUT2D eigenvalue weighted by atomic mass is 79.9. The molecule has 0 bridgehead atoms. The SMILES string of the molecule is CC(=O)C1O[C@H](COC(=O)c2ccccc2)[C@](O)(Br)[C@@H]1F. The van der Waals surface area contributed by atoms with Crippen LogP contribution < -0.4 is 0 Å². The molecule has 0 aromatic heterocycles. The van der Waals surface area contributed by atoms with Crippen molar-refractivity contribution in [3.8, 4) is 0 Å². The minimum absolute atomic E-state index is 0.327. The number of ketones is 1. The maximum absolute atomic E-state index is 13.9. The first kappa shape index (κ1) is 16.1. The van der Waals surface area contributed by atoms with Gasteiger partial charge in [-0.2, -0.15) is 0 Å². The third kappa shape index (κ3) is 3.30. The zero-order valence-electron chi connectivity index (χ0n) is 11.2. The van der Waals surface area contributed by atoms with Crippen molar-refractivity contribution in [2.75, 3.05) is 6.61 Å². The van der Waals surface area contributed by atoms with E-state index in [9.17, 15) is 19.1 Å². The van der Waals surface area contributed by atoms with Crippen molar-refractivity contribution >= 4 is 27.7 Å². The zero-order valence-corrected chi connectivity index (χ0v) is 12.7. The number of halogens is 2. The van der Waals surface area contributed by atoms with Crippen LogP contribution in [-0.2, 0) is 14.3 Å². The summed E-state index contributed by atoms with van der Waals surface area (Å²) in [5.74, 6) is -1.17. The van der Waals surface area contributed by atoms with E-state index >= 15 is 0 Å². The lowest BCUT2D eigenvalue weighted by Crippen LogP contribution is -2.43. The number of carbonyl (C=O) groups excluding carboxylic acids is 2. The predicted octanol–water partition coefficient (Wildman–Crippen LogP) is 1.62. The van der Waals surface area contributed by atoms with Crippen molar-refractivity contribution in [3.05, 3.63) is 35.9 Å². The molecule has 0 aliphatic carbocycles. The number of carbonyl (C=O) groups is 2. The normalized spacial score (nSPS) is 31.9. The number of alkyl halides is 2. The average Bonchev–Trinajstić information content (AvgIpc) is 2.68. The Balaban J connectivity index is 2.00. The van der Waals surface area contributed by atoms with Crippen molar-refractivity contribution in [2.45, 2.75) is 29.8 Å². The van der Waals surface area contributed by atoms with E-state index < -0.39 is 34.6 Å². The van der Waals surface area contributed by atoms with E-state index in [2.05, 4.69) is 15.9 Å². The van der Waals surface area contributed by atoms with Crippen LogP contribution in [0.1, 0.15) is 17.3 Å². The first-order valence-corrected chi connectivity index (χ1v) is 7.06. The van der Waals surface area contributed by atoms with Crippen LogP contribution >= 0.6 is 15.9 Å². The average molecular weight is 361 g/mol. The van der Waals surface area contributed by atoms with Gasteiger partial charge in [-0.1, -0.05) is 18.2 Å². The summed E-state index contributed by atoms with van der Waals surface area (Å²) < 4.78 is 22.0. The number of rotatable bonds is 4. The molecular formula is C14H14BrFO5. The van der Waals surface area contributed by atoms with Crippen LogP contribution in [0.25, 0.3) is 0 Å². The first-order valence-electron chi connectivity index (χ1n) is 6.27. The van der Waals surface area contributed by atoms with Gasteiger partial charge < -0.3 is 14.6 Å². The van der Waals surface area contributed by atoms with Crippen molar-refractivity contribution in [3.63, 3.8) is 0 Å².